The van der Waals surface area contributed by atoms with Crippen molar-refractivity contribution >= 4 is 49.1 Å². The minimum absolute atomic E-state index is 0.0183. The Balaban J connectivity index is 2.19. The number of aromatic nitrogens is 2. The zero-order valence-corrected chi connectivity index (χ0v) is 15.8. The van der Waals surface area contributed by atoms with Gasteiger partial charge in [-0.25, -0.2) is 18.5 Å². The highest BCUT2D eigenvalue weighted by molar-refractivity contribution is 9.10. The first-order valence-corrected chi connectivity index (χ1v) is 9.42. The zero-order valence-electron chi connectivity index (χ0n) is 13.4. The average Bonchev–Trinajstić information content (AvgIpc) is 2.56. The second-order valence-electron chi connectivity index (χ2n) is 5.19. The summed E-state index contributed by atoms with van der Waals surface area (Å²) in [6, 6.07) is 5.66. The SMILES string of the molecule is C/C(=N\O)C(C)Nc1nc(Nc2ccc(S(N)(=O)=O)cc2)ncc1Br. The van der Waals surface area contributed by atoms with E-state index in [1.807, 2.05) is 6.92 Å². The van der Waals surface area contributed by atoms with Gasteiger partial charge in [-0.2, -0.15) is 4.98 Å². The van der Waals surface area contributed by atoms with Crippen LogP contribution < -0.4 is 15.8 Å². The van der Waals surface area contributed by atoms with Crippen LogP contribution in [0.25, 0.3) is 0 Å². The molecule has 2 aromatic rings. The summed E-state index contributed by atoms with van der Waals surface area (Å²) in [5.74, 6) is 0.814. The maximum atomic E-state index is 11.3. The van der Waals surface area contributed by atoms with Gasteiger partial charge >= 0.3 is 0 Å². The third kappa shape index (κ3) is 5.11. The van der Waals surface area contributed by atoms with E-state index in [2.05, 4.69) is 41.7 Å². The van der Waals surface area contributed by atoms with Gasteiger partial charge in [0, 0.05) is 11.9 Å². The van der Waals surface area contributed by atoms with Gasteiger partial charge in [0.15, 0.2) is 0 Å². The van der Waals surface area contributed by atoms with Gasteiger partial charge in [-0.3, -0.25) is 0 Å². The lowest BCUT2D eigenvalue weighted by molar-refractivity contribution is 0.317. The number of halogens is 1. The highest BCUT2D eigenvalue weighted by atomic mass is 79.9. The maximum absolute atomic E-state index is 11.3. The predicted octanol–water partition coefficient (Wildman–Crippen LogP) is 2.28. The average molecular weight is 429 g/mol. The molecule has 0 saturated carbocycles. The number of primary sulfonamides is 1. The Morgan fingerprint density at radius 3 is 2.56 bits per heavy atom. The van der Waals surface area contributed by atoms with E-state index in [0.29, 0.717) is 27.6 Å². The van der Waals surface area contributed by atoms with Crippen molar-refractivity contribution in [1.82, 2.24) is 9.97 Å². The molecule has 25 heavy (non-hydrogen) atoms. The number of oxime groups is 1. The Kier molecular flexibility index (Phi) is 5.93. The Labute approximate surface area is 153 Å². The third-order valence-corrected chi connectivity index (χ3v) is 4.83. The van der Waals surface area contributed by atoms with Gasteiger partial charge in [-0.15, -0.1) is 0 Å². The number of sulfonamides is 1. The molecule has 0 bridgehead atoms. The number of nitrogens with zero attached hydrogens (tertiary/aromatic N) is 3. The van der Waals surface area contributed by atoms with E-state index in [1.54, 1.807) is 25.3 Å². The Morgan fingerprint density at radius 1 is 1.36 bits per heavy atom. The molecule has 0 saturated heterocycles. The molecule has 1 atom stereocenters. The van der Waals surface area contributed by atoms with Gasteiger partial charge in [0.2, 0.25) is 16.0 Å². The second kappa shape index (κ2) is 7.76. The van der Waals surface area contributed by atoms with Crippen LogP contribution in [-0.2, 0) is 10.0 Å². The first kappa shape index (κ1) is 19.1. The summed E-state index contributed by atoms with van der Waals surface area (Å²) >= 11 is 3.35. The summed E-state index contributed by atoms with van der Waals surface area (Å²) in [6.07, 6.45) is 1.56. The number of benzene rings is 1. The van der Waals surface area contributed by atoms with Crippen molar-refractivity contribution < 1.29 is 13.6 Å². The Hall–Kier alpha value is -2.24. The molecular weight excluding hydrogens is 412 g/mol. The molecule has 0 spiro atoms. The molecule has 2 rings (SSSR count). The molecule has 0 aliphatic rings. The zero-order chi connectivity index (χ0) is 18.6. The quantitative estimate of drug-likeness (QED) is 0.313. The van der Waals surface area contributed by atoms with E-state index in [0.717, 1.165) is 0 Å². The largest absolute Gasteiger partial charge is 0.411 e. The van der Waals surface area contributed by atoms with Gasteiger partial charge in [0.1, 0.15) is 5.82 Å². The highest BCUT2D eigenvalue weighted by Gasteiger charge is 2.12. The minimum Gasteiger partial charge on any atom is -0.411 e. The van der Waals surface area contributed by atoms with Crippen molar-refractivity contribution in [1.29, 1.82) is 0 Å². The summed E-state index contributed by atoms with van der Waals surface area (Å²) in [7, 11) is -3.74. The molecule has 11 heteroatoms. The fraction of sp³-hybridized carbons (Fsp3) is 0.214. The predicted molar refractivity (Wildman–Crippen MR) is 98.8 cm³/mol. The van der Waals surface area contributed by atoms with E-state index in [-0.39, 0.29) is 10.9 Å². The van der Waals surface area contributed by atoms with Crippen LogP contribution in [0, 0.1) is 0 Å². The topological polar surface area (TPSA) is 143 Å². The summed E-state index contributed by atoms with van der Waals surface area (Å²) in [4.78, 5) is 8.50. The molecule has 0 aliphatic heterocycles. The van der Waals surface area contributed by atoms with Crippen LogP contribution >= 0.6 is 15.9 Å². The van der Waals surface area contributed by atoms with Gasteiger partial charge in [-0.1, -0.05) is 5.16 Å². The number of hydrogen-bond acceptors (Lipinski definition) is 8. The van der Waals surface area contributed by atoms with Gasteiger partial charge in [0.05, 0.1) is 21.1 Å². The van der Waals surface area contributed by atoms with Gasteiger partial charge in [-0.05, 0) is 54.0 Å². The summed E-state index contributed by atoms with van der Waals surface area (Å²) in [5, 5.41) is 23.1. The normalized spacial score (nSPS) is 13.4. The lowest BCUT2D eigenvalue weighted by Gasteiger charge is -2.15. The van der Waals surface area contributed by atoms with E-state index in [9.17, 15) is 8.42 Å². The van der Waals surface area contributed by atoms with E-state index in [1.165, 1.54) is 12.1 Å². The van der Waals surface area contributed by atoms with Crippen molar-refractivity contribution in [3.8, 4) is 0 Å². The number of hydrogen-bond donors (Lipinski definition) is 4. The molecule has 0 amide bonds. The Bertz CT molecular complexity index is 886. The molecule has 9 nitrogen and oxygen atoms in total. The monoisotopic (exact) mass is 428 g/mol. The fourth-order valence-electron chi connectivity index (χ4n) is 1.78. The molecule has 1 aromatic heterocycles. The van der Waals surface area contributed by atoms with E-state index >= 15 is 0 Å². The standard InChI is InChI=1S/C14H17BrN6O3S/c1-8(9(2)21-22)18-13-12(15)7-17-14(20-13)19-10-3-5-11(6-4-10)25(16,23)24/h3-8,22H,1-2H3,(H2,16,23,24)(H2,17,18,19,20)/b21-9+. The van der Waals surface area contributed by atoms with Crippen LogP contribution in [0.2, 0.25) is 0 Å². The van der Waals surface area contributed by atoms with Crippen LogP contribution in [-0.4, -0.2) is 35.3 Å². The summed E-state index contributed by atoms with van der Waals surface area (Å²) < 4.78 is 23.2. The molecule has 0 aliphatic carbocycles. The fourth-order valence-corrected chi connectivity index (χ4v) is 2.60. The lowest BCUT2D eigenvalue weighted by Crippen LogP contribution is -2.24. The van der Waals surface area contributed by atoms with Crippen molar-refractivity contribution in [2.75, 3.05) is 10.6 Å². The van der Waals surface area contributed by atoms with Crippen molar-refractivity contribution in [3.63, 3.8) is 0 Å². The smallest absolute Gasteiger partial charge is 0.238 e. The molecule has 134 valence electrons. The maximum Gasteiger partial charge on any atom is 0.238 e. The minimum atomic E-state index is -3.74. The van der Waals surface area contributed by atoms with Crippen molar-refractivity contribution in [2.24, 2.45) is 10.3 Å². The second-order valence-corrected chi connectivity index (χ2v) is 7.61. The number of nitrogens with two attached hydrogens (primary N) is 1. The third-order valence-electron chi connectivity index (χ3n) is 3.32. The first-order chi connectivity index (χ1) is 11.7. The Morgan fingerprint density at radius 2 is 2.00 bits per heavy atom. The summed E-state index contributed by atoms with van der Waals surface area (Å²) in [6.45, 7) is 3.50. The van der Waals surface area contributed by atoms with Gasteiger partial charge < -0.3 is 15.8 Å². The first-order valence-electron chi connectivity index (χ1n) is 7.08. The molecule has 0 radical (unpaired) electrons. The molecule has 1 heterocycles. The van der Waals surface area contributed by atoms with Crippen LogP contribution in [0.4, 0.5) is 17.5 Å². The van der Waals surface area contributed by atoms with Crippen LogP contribution in [0.15, 0.2) is 45.0 Å². The molecule has 1 aromatic carbocycles. The number of nitrogens with one attached hydrogen (secondary N) is 2. The van der Waals surface area contributed by atoms with Crippen molar-refractivity contribution in [2.45, 2.75) is 24.8 Å². The molecule has 1 unspecified atom stereocenters. The highest BCUT2D eigenvalue weighted by Crippen LogP contribution is 2.23. The lowest BCUT2D eigenvalue weighted by atomic mass is 10.2. The molecular formula is C14H17BrN6O3S. The van der Waals surface area contributed by atoms with E-state index < -0.39 is 10.0 Å². The van der Waals surface area contributed by atoms with Gasteiger partial charge in [0.25, 0.3) is 0 Å². The summed E-state index contributed by atoms with van der Waals surface area (Å²) in [5.41, 5.74) is 1.10. The van der Waals surface area contributed by atoms with E-state index in [4.69, 9.17) is 10.3 Å². The van der Waals surface area contributed by atoms with Crippen LogP contribution in [0.5, 0.6) is 0 Å². The van der Waals surface area contributed by atoms with Crippen LogP contribution in [0.3, 0.4) is 0 Å². The molecule has 0 fully saturated rings. The van der Waals surface area contributed by atoms with Crippen LogP contribution in [0.1, 0.15) is 13.8 Å². The van der Waals surface area contributed by atoms with Crippen molar-refractivity contribution in [3.05, 3.63) is 34.9 Å². The number of rotatable bonds is 6. The molecule has 5 N–H and O–H groups in total. The number of anilines is 3.